The third-order valence-corrected chi connectivity index (χ3v) is 6.98. The minimum absolute atomic E-state index is 0.0490. The maximum absolute atomic E-state index is 12.7. The smallest absolute Gasteiger partial charge is 0.243 e. The number of carbonyl (C=O) groups excluding carboxylic acids is 1. The summed E-state index contributed by atoms with van der Waals surface area (Å²) < 4.78 is 27.0. The van der Waals surface area contributed by atoms with Crippen LogP contribution in [0.1, 0.15) is 45.4 Å². The largest absolute Gasteiger partial charge is 0.326 e. The molecule has 0 spiro atoms. The number of carbonyl (C=O) groups is 1. The van der Waals surface area contributed by atoms with Gasteiger partial charge in [0.1, 0.15) is 0 Å². The van der Waals surface area contributed by atoms with E-state index >= 15 is 0 Å². The van der Waals surface area contributed by atoms with Crippen molar-refractivity contribution in [1.29, 1.82) is 0 Å². The molecular weight excluding hydrogens is 324 g/mol. The summed E-state index contributed by atoms with van der Waals surface area (Å²) >= 11 is 0. The standard InChI is InChI=1S/C18H26N2O3S/c1-14-5-4-12-20(13-14)24(22,23)17-10-8-16(9-11-17)19-18(21)15-6-2-3-7-15/h8-11,14-15H,2-7,12-13H2,1H3,(H,19,21)/t14-/m0/s1. The lowest BCUT2D eigenvalue weighted by molar-refractivity contribution is -0.119. The van der Waals surface area contributed by atoms with Gasteiger partial charge in [-0.05, 0) is 55.9 Å². The second-order valence-corrected chi connectivity index (χ2v) is 9.04. The Morgan fingerprint density at radius 3 is 2.38 bits per heavy atom. The number of anilines is 1. The van der Waals surface area contributed by atoms with Gasteiger partial charge >= 0.3 is 0 Å². The van der Waals surface area contributed by atoms with Crippen LogP contribution in [-0.4, -0.2) is 31.7 Å². The number of hydrogen-bond acceptors (Lipinski definition) is 3. The van der Waals surface area contributed by atoms with Crippen molar-refractivity contribution in [3.05, 3.63) is 24.3 Å². The van der Waals surface area contributed by atoms with E-state index in [1.807, 2.05) is 0 Å². The molecule has 1 aliphatic carbocycles. The van der Waals surface area contributed by atoms with E-state index < -0.39 is 10.0 Å². The van der Waals surface area contributed by atoms with Gasteiger partial charge in [-0.3, -0.25) is 4.79 Å². The zero-order valence-electron chi connectivity index (χ0n) is 14.2. The van der Waals surface area contributed by atoms with Gasteiger partial charge in [0.15, 0.2) is 0 Å². The number of amides is 1. The first-order valence-corrected chi connectivity index (χ1v) is 10.3. The average molecular weight is 350 g/mol. The molecule has 132 valence electrons. The van der Waals surface area contributed by atoms with Crippen LogP contribution in [0.2, 0.25) is 0 Å². The number of hydrogen-bond donors (Lipinski definition) is 1. The molecule has 6 heteroatoms. The first-order chi connectivity index (χ1) is 11.5. The van der Waals surface area contributed by atoms with Gasteiger partial charge in [0.25, 0.3) is 0 Å². The molecule has 2 aliphatic rings. The van der Waals surface area contributed by atoms with Crippen LogP contribution in [0, 0.1) is 11.8 Å². The van der Waals surface area contributed by atoms with Crippen LogP contribution in [0.15, 0.2) is 29.2 Å². The summed E-state index contributed by atoms with van der Waals surface area (Å²) in [6, 6.07) is 6.57. The number of nitrogens with one attached hydrogen (secondary N) is 1. The zero-order chi connectivity index (χ0) is 17.2. The molecule has 3 rings (SSSR count). The number of nitrogens with zero attached hydrogens (tertiary/aromatic N) is 1. The lowest BCUT2D eigenvalue weighted by atomic mass is 10.0. The highest BCUT2D eigenvalue weighted by atomic mass is 32.2. The summed E-state index contributed by atoms with van der Waals surface area (Å²) in [5.74, 6) is 0.551. The summed E-state index contributed by atoms with van der Waals surface area (Å²) in [4.78, 5) is 12.4. The van der Waals surface area contributed by atoms with E-state index in [-0.39, 0.29) is 11.8 Å². The van der Waals surface area contributed by atoms with Crippen molar-refractivity contribution in [1.82, 2.24) is 4.31 Å². The second-order valence-electron chi connectivity index (χ2n) is 7.11. The van der Waals surface area contributed by atoms with E-state index in [0.717, 1.165) is 38.5 Å². The number of sulfonamides is 1. The molecular formula is C18H26N2O3S. The Morgan fingerprint density at radius 1 is 1.08 bits per heavy atom. The molecule has 0 radical (unpaired) electrons. The number of piperidine rings is 1. The van der Waals surface area contributed by atoms with E-state index in [2.05, 4.69) is 12.2 Å². The summed E-state index contributed by atoms with van der Waals surface area (Å²) in [6.45, 7) is 3.26. The van der Waals surface area contributed by atoms with Crippen LogP contribution in [0.4, 0.5) is 5.69 Å². The van der Waals surface area contributed by atoms with Crippen molar-refractivity contribution in [3.63, 3.8) is 0 Å². The summed E-state index contributed by atoms with van der Waals surface area (Å²) in [5.41, 5.74) is 0.665. The maximum Gasteiger partial charge on any atom is 0.243 e. The van der Waals surface area contributed by atoms with Crippen molar-refractivity contribution >= 4 is 21.6 Å². The van der Waals surface area contributed by atoms with Gasteiger partial charge < -0.3 is 5.32 Å². The van der Waals surface area contributed by atoms with Gasteiger partial charge in [-0.1, -0.05) is 19.8 Å². The van der Waals surface area contributed by atoms with Gasteiger partial charge in [0.2, 0.25) is 15.9 Å². The molecule has 1 atom stereocenters. The number of rotatable bonds is 4. The van der Waals surface area contributed by atoms with Crippen LogP contribution >= 0.6 is 0 Å². The normalized spacial score (nSPS) is 23.3. The van der Waals surface area contributed by atoms with Crippen LogP contribution in [0.25, 0.3) is 0 Å². The van der Waals surface area contributed by atoms with Gasteiger partial charge in [-0.15, -0.1) is 0 Å². The van der Waals surface area contributed by atoms with E-state index in [0.29, 0.717) is 29.6 Å². The van der Waals surface area contributed by atoms with Gasteiger partial charge in [0, 0.05) is 24.7 Å². The van der Waals surface area contributed by atoms with Crippen LogP contribution in [-0.2, 0) is 14.8 Å². The third kappa shape index (κ3) is 3.81. The van der Waals surface area contributed by atoms with Crippen molar-refractivity contribution in [3.8, 4) is 0 Å². The lowest BCUT2D eigenvalue weighted by Gasteiger charge is -2.30. The third-order valence-electron chi connectivity index (χ3n) is 5.11. The topological polar surface area (TPSA) is 66.5 Å². The summed E-state index contributed by atoms with van der Waals surface area (Å²) in [6.07, 6.45) is 6.12. The Hall–Kier alpha value is -1.40. The molecule has 0 aromatic heterocycles. The predicted molar refractivity (Wildman–Crippen MR) is 94.2 cm³/mol. The molecule has 1 aromatic rings. The molecule has 5 nitrogen and oxygen atoms in total. The molecule has 1 aliphatic heterocycles. The quantitative estimate of drug-likeness (QED) is 0.906. The molecule has 1 amide bonds. The molecule has 0 bridgehead atoms. The Morgan fingerprint density at radius 2 is 1.75 bits per heavy atom. The van der Waals surface area contributed by atoms with Gasteiger partial charge in [-0.2, -0.15) is 4.31 Å². The molecule has 0 unspecified atom stereocenters. The SMILES string of the molecule is C[C@H]1CCCN(S(=O)(=O)c2ccc(NC(=O)C3CCCC3)cc2)C1. The van der Waals surface area contributed by atoms with Gasteiger partial charge in [0.05, 0.1) is 4.90 Å². The fourth-order valence-electron chi connectivity index (χ4n) is 3.66. The van der Waals surface area contributed by atoms with Crippen LogP contribution in [0.3, 0.4) is 0 Å². The highest BCUT2D eigenvalue weighted by Crippen LogP contribution is 2.27. The second kappa shape index (κ2) is 7.23. The molecule has 1 heterocycles. The first-order valence-electron chi connectivity index (χ1n) is 8.88. The van der Waals surface area contributed by atoms with Crippen molar-refractivity contribution in [2.24, 2.45) is 11.8 Å². The molecule has 24 heavy (non-hydrogen) atoms. The summed E-state index contributed by atoms with van der Waals surface area (Å²) in [5, 5.41) is 2.90. The van der Waals surface area contributed by atoms with Crippen LogP contribution in [0.5, 0.6) is 0 Å². The van der Waals surface area contributed by atoms with E-state index in [9.17, 15) is 13.2 Å². The average Bonchev–Trinajstić information content (AvgIpc) is 3.10. The van der Waals surface area contributed by atoms with Gasteiger partial charge in [-0.25, -0.2) is 8.42 Å². The minimum Gasteiger partial charge on any atom is -0.326 e. The fraction of sp³-hybridized carbons (Fsp3) is 0.611. The highest BCUT2D eigenvalue weighted by molar-refractivity contribution is 7.89. The molecule has 1 aromatic carbocycles. The van der Waals surface area contributed by atoms with Crippen molar-refractivity contribution in [2.75, 3.05) is 18.4 Å². The molecule has 1 N–H and O–H groups in total. The first kappa shape index (κ1) is 17.4. The Labute approximate surface area is 144 Å². The Kier molecular flexibility index (Phi) is 5.25. The van der Waals surface area contributed by atoms with E-state index in [1.165, 1.54) is 0 Å². The molecule has 1 saturated heterocycles. The lowest BCUT2D eigenvalue weighted by Crippen LogP contribution is -2.39. The Balaban J connectivity index is 1.68. The molecule has 2 fully saturated rings. The zero-order valence-corrected chi connectivity index (χ0v) is 15.0. The molecule has 1 saturated carbocycles. The predicted octanol–water partition coefficient (Wildman–Crippen LogP) is 3.24. The maximum atomic E-state index is 12.7. The highest BCUT2D eigenvalue weighted by Gasteiger charge is 2.28. The number of benzene rings is 1. The monoisotopic (exact) mass is 350 g/mol. The van der Waals surface area contributed by atoms with E-state index in [4.69, 9.17) is 0 Å². The fourth-order valence-corrected chi connectivity index (χ4v) is 5.25. The summed E-state index contributed by atoms with van der Waals surface area (Å²) in [7, 11) is -3.44. The van der Waals surface area contributed by atoms with E-state index in [1.54, 1.807) is 28.6 Å². The van der Waals surface area contributed by atoms with Crippen molar-refractivity contribution in [2.45, 2.75) is 50.3 Å². The minimum atomic E-state index is -3.44. The Bertz CT molecular complexity index is 679. The van der Waals surface area contributed by atoms with Crippen LogP contribution < -0.4 is 5.32 Å². The van der Waals surface area contributed by atoms with Crippen molar-refractivity contribution < 1.29 is 13.2 Å².